The molecule has 0 aromatic heterocycles. The molecule has 2 heteroatoms. The van der Waals surface area contributed by atoms with Crippen molar-refractivity contribution in [2.24, 2.45) is 0 Å². The molecule has 1 saturated heterocycles. The van der Waals surface area contributed by atoms with Crippen LogP contribution in [0.4, 0.5) is 0 Å². The molecule has 0 N–H and O–H groups in total. The van der Waals surface area contributed by atoms with E-state index in [4.69, 9.17) is 0 Å². The summed E-state index contributed by atoms with van der Waals surface area (Å²) in [4.78, 5) is 2.88. The molecule has 3 aliphatic rings. The molecule has 0 unspecified atom stereocenters. The van der Waals surface area contributed by atoms with E-state index in [0.29, 0.717) is 0 Å². The fourth-order valence-electron chi connectivity index (χ4n) is 3.72. The summed E-state index contributed by atoms with van der Waals surface area (Å²) in [5.74, 6) is 1.35. The number of rotatable bonds is 1. The van der Waals surface area contributed by atoms with Gasteiger partial charge in [0.2, 0.25) is 0 Å². The monoisotopic (exact) mass is 225 g/mol. The van der Waals surface area contributed by atoms with Gasteiger partial charge in [-0.1, -0.05) is 32.1 Å². The quantitative estimate of drug-likeness (QED) is 0.670. The number of fused-ring (bicyclic) bond motifs is 1. The Hall–Kier alpha value is 0.310. The van der Waals surface area contributed by atoms with Crippen LogP contribution >= 0.6 is 11.8 Å². The van der Waals surface area contributed by atoms with Gasteiger partial charge in [-0.05, 0) is 25.7 Å². The largest absolute Gasteiger partial charge is 0.287 e. The number of nitrogens with zero attached hydrogens (tertiary/aromatic N) is 1. The van der Waals surface area contributed by atoms with Crippen molar-refractivity contribution in [2.75, 3.05) is 5.88 Å². The zero-order chi connectivity index (χ0) is 10.1. The van der Waals surface area contributed by atoms with Gasteiger partial charge in [0.05, 0.1) is 0 Å². The first-order chi connectivity index (χ1) is 7.45. The first-order valence-electron chi connectivity index (χ1n) is 6.82. The lowest BCUT2D eigenvalue weighted by Crippen LogP contribution is -2.44. The topological polar surface area (TPSA) is 3.24 Å². The fraction of sp³-hybridized carbons (Fsp3) is 1.00. The zero-order valence-electron chi connectivity index (χ0n) is 9.66. The van der Waals surface area contributed by atoms with E-state index in [2.05, 4.69) is 16.7 Å². The molecule has 0 radical (unpaired) electrons. The second-order valence-corrected chi connectivity index (χ2v) is 6.69. The molecule has 3 fully saturated rings. The lowest BCUT2D eigenvalue weighted by Gasteiger charge is -2.38. The normalized spacial score (nSPS) is 39.2. The van der Waals surface area contributed by atoms with Crippen LogP contribution in [0.15, 0.2) is 0 Å². The van der Waals surface area contributed by atoms with E-state index >= 15 is 0 Å². The molecule has 1 nitrogen and oxygen atoms in total. The highest BCUT2D eigenvalue weighted by molar-refractivity contribution is 8.00. The first-order valence-corrected chi connectivity index (χ1v) is 7.87. The van der Waals surface area contributed by atoms with Crippen molar-refractivity contribution >= 4 is 11.8 Å². The van der Waals surface area contributed by atoms with Crippen molar-refractivity contribution in [3.05, 3.63) is 0 Å². The third-order valence-electron chi connectivity index (χ3n) is 4.58. The van der Waals surface area contributed by atoms with Gasteiger partial charge in [0, 0.05) is 23.2 Å². The minimum absolute atomic E-state index is 0.958. The summed E-state index contributed by atoms with van der Waals surface area (Å²) in [5.41, 5.74) is 0. The molecule has 1 heterocycles. The molecular weight excluding hydrogens is 202 g/mol. The Bertz CT molecular complexity index is 213. The highest BCUT2D eigenvalue weighted by atomic mass is 32.2. The Labute approximate surface area is 98.0 Å². The van der Waals surface area contributed by atoms with E-state index < -0.39 is 0 Å². The molecule has 0 aromatic rings. The Morgan fingerprint density at radius 1 is 0.800 bits per heavy atom. The molecule has 0 amide bonds. The standard InChI is InChI=1S/C13H23NS/c1-2-6-11(7-3-1)14-10-15-13-9-5-4-8-12(13)14/h11-13H,1-10H2/t12-,13+/m0/s1. The van der Waals surface area contributed by atoms with Gasteiger partial charge in [-0.25, -0.2) is 0 Å². The molecule has 86 valence electrons. The van der Waals surface area contributed by atoms with Crippen molar-refractivity contribution < 1.29 is 0 Å². The van der Waals surface area contributed by atoms with E-state index in [-0.39, 0.29) is 0 Å². The van der Waals surface area contributed by atoms with Crippen LogP contribution in [0.2, 0.25) is 0 Å². The number of hydrogen-bond donors (Lipinski definition) is 0. The van der Waals surface area contributed by atoms with E-state index in [1.807, 2.05) is 0 Å². The molecule has 0 spiro atoms. The average molecular weight is 225 g/mol. The van der Waals surface area contributed by atoms with E-state index in [0.717, 1.165) is 17.3 Å². The molecule has 0 aromatic carbocycles. The lowest BCUT2D eigenvalue weighted by atomic mass is 9.89. The van der Waals surface area contributed by atoms with Gasteiger partial charge in [0.15, 0.2) is 0 Å². The molecule has 2 aliphatic carbocycles. The Kier molecular flexibility index (Phi) is 3.25. The molecule has 2 saturated carbocycles. The van der Waals surface area contributed by atoms with Crippen LogP contribution in [0.3, 0.4) is 0 Å². The zero-order valence-corrected chi connectivity index (χ0v) is 10.5. The summed E-state index contributed by atoms with van der Waals surface area (Å²) in [7, 11) is 0. The van der Waals surface area contributed by atoms with Gasteiger partial charge in [0.25, 0.3) is 0 Å². The van der Waals surface area contributed by atoms with Crippen LogP contribution < -0.4 is 0 Å². The molecular formula is C13H23NS. The van der Waals surface area contributed by atoms with Gasteiger partial charge < -0.3 is 0 Å². The summed E-state index contributed by atoms with van der Waals surface area (Å²) in [6, 6.07) is 1.92. The Balaban J connectivity index is 1.65. The maximum atomic E-state index is 2.88. The van der Waals surface area contributed by atoms with Crippen molar-refractivity contribution in [2.45, 2.75) is 75.1 Å². The van der Waals surface area contributed by atoms with Gasteiger partial charge in [-0.15, -0.1) is 11.8 Å². The summed E-state index contributed by atoms with van der Waals surface area (Å²) in [6.07, 6.45) is 13.4. The van der Waals surface area contributed by atoms with Crippen LogP contribution in [0.25, 0.3) is 0 Å². The highest BCUT2D eigenvalue weighted by Gasteiger charge is 2.39. The summed E-state index contributed by atoms with van der Waals surface area (Å²) < 4.78 is 0. The third kappa shape index (κ3) is 2.08. The van der Waals surface area contributed by atoms with Crippen LogP contribution in [0.5, 0.6) is 0 Å². The highest BCUT2D eigenvalue weighted by Crippen LogP contribution is 2.41. The molecule has 0 bridgehead atoms. The van der Waals surface area contributed by atoms with Gasteiger partial charge in [-0.3, -0.25) is 4.90 Å². The van der Waals surface area contributed by atoms with E-state index in [1.165, 1.54) is 63.7 Å². The smallest absolute Gasteiger partial charge is 0.0453 e. The van der Waals surface area contributed by atoms with Gasteiger partial charge >= 0.3 is 0 Å². The minimum atomic E-state index is 0.958. The maximum Gasteiger partial charge on any atom is 0.0453 e. The van der Waals surface area contributed by atoms with Gasteiger partial charge in [0.1, 0.15) is 0 Å². The predicted molar refractivity (Wildman–Crippen MR) is 67.2 cm³/mol. The predicted octanol–water partition coefficient (Wildman–Crippen LogP) is 3.64. The second-order valence-electron chi connectivity index (χ2n) is 5.49. The minimum Gasteiger partial charge on any atom is -0.287 e. The summed E-state index contributed by atoms with van der Waals surface area (Å²) in [6.45, 7) is 0. The number of hydrogen-bond acceptors (Lipinski definition) is 2. The lowest BCUT2D eigenvalue weighted by molar-refractivity contribution is 0.121. The number of thioether (sulfide) groups is 1. The van der Waals surface area contributed by atoms with Crippen molar-refractivity contribution in [3.63, 3.8) is 0 Å². The molecule has 2 atom stereocenters. The SMILES string of the molecule is C1CCC(N2CS[C@@H]3CCCC[C@@H]32)CC1. The first kappa shape index (κ1) is 10.5. The second kappa shape index (κ2) is 4.67. The van der Waals surface area contributed by atoms with E-state index in [9.17, 15) is 0 Å². The van der Waals surface area contributed by atoms with Crippen molar-refractivity contribution in [1.29, 1.82) is 0 Å². The Morgan fingerprint density at radius 3 is 2.40 bits per heavy atom. The van der Waals surface area contributed by atoms with Gasteiger partial charge in [-0.2, -0.15) is 0 Å². The van der Waals surface area contributed by atoms with Crippen molar-refractivity contribution in [1.82, 2.24) is 4.90 Å². The van der Waals surface area contributed by atoms with Crippen LogP contribution in [-0.4, -0.2) is 28.1 Å². The van der Waals surface area contributed by atoms with Crippen LogP contribution in [-0.2, 0) is 0 Å². The summed E-state index contributed by atoms with van der Waals surface area (Å²) >= 11 is 2.25. The van der Waals surface area contributed by atoms with Crippen LogP contribution in [0, 0.1) is 0 Å². The summed E-state index contributed by atoms with van der Waals surface area (Å²) in [5, 5.41) is 1.00. The molecule has 3 rings (SSSR count). The third-order valence-corrected chi connectivity index (χ3v) is 6.00. The Morgan fingerprint density at radius 2 is 1.53 bits per heavy atom. The maximum absolute atomic E-state index is 2.88. The average Bonchev–Trinajstić information content (AvgIpc) is 2.74. The fourth-order valence-corrected chi connectivity index (χ4v) is 5.33. The molecule has 1 aliphatic heterocycles. The van der Waals surface area contributed by atoms with Crippen molar-refractivity contribution in [3.8, 4) is 0 Å². The molecule has 15 heavy (non-hydrogen) atoms. The van der Waals surface area contributed by atoms with Crippen LogP contribution in [0.1, 0.15) is 57.8 Å². The van der Waals surface area contributed by atoms with E-state index in [1.54, 1.807) is 0 Å².